The molecule has 0 saturated carbocycles. The van der Waals surface area contributed by atoms with Gasteiger partial charge in [-0.2, -0.15) is 0 Å². The molecule has 46 heteroatoms. The molecule has 8 heterocycles. The summed E-state index contributed by atoms with van der Waals surface area (Å²) >= 11 is 4.52. The molecule has 0 amide bonds. The second-order valence-electron chi connectivity index (χ2n) is 26.4. The second-order valence-corrected chi connectivity index (χ2v) is 31.2. The van der Waals surface area contributed by atoms with Crippen molar-refractivity contribution in [3.63, 3.8) is 0 Å². The average Bonchev–Trinajstić information content (AvgIpc) is 0.788. The molecule has 0 aromatic carbocycles. The smallest absolute Gasteiger partial charge is 0.394 e. The van der Waals surface area contributed by atoms with Crippen LogP contribution in [0, 0.1) is 0 Å². The Morgan fingerprint density at radius 2 is 0.660 bits per heavy atom. The Bertz CT molecular complexity index is 2490. The molecular weight excluding hydrogens is 1510 g/mol. The number of thioether (sulfide) groups is 4. The van der Waals surface area contributed by atoms with Crippen molar-refractivity contribution in [1.82, 2.24) is 5.43 Å². The third-order valence-electron chi connectivity index (χ3n) is 18.9. The number of hydrogen-bond donors (Lipinski definition) is 26. The van der Waals surface area contributed by atoms with Gasteiger partial charge in [-0.1, -0.05) is 0 Å². The number of nitrogens with zero attached hydrogens (tertiary/aromatic N) is 1. The van der Waals surface area contributed by atoms with E-state index in [1.165, 1.54) is 0 Å². The van der Waals surface area contributed by atoms with E-state index in [1.807, 2.05) is 0 Å². The first-order valence-electron chi connectivity index (χ1n) is 35.7. The molecule has 0 spiro atoms. The summed E-state index contributed by atoms with van der Waals surface area (Å²) in [6.07, 6.45) is -41.6. The van der Waals surface area contributed by atoms with Crippen LogP contribution < -0.4 is 22.6 Å². The normalized spacial score (nSPS) is 45.4. The van der Waals surface area contributed by atoms with E-state index >= 15 is 0 Å². The molecule has 8 rings (SSSR count). The Hall–Kier alpha value is -0.495. The molecule has 106 heavy (non-hydrogen) atoms. The van der Waals surface area contributed by atoms with Gasteiger partial charge in [0, 0.05) is 32.7 Å². The van der Waals surface area contributed by atoms with Gasteiger partial charge in [0.25, 0.3) is 0 Å². The Labute approximate surface area is 630 Å². The van der Waals surface area contributed by atoms with Crippen LogP contribution in [-0.2, 0) is 66.3 Å². The summed E-state index contributed by atoms with van der Waals surface area (Å²) in [6, 6.07) is 0. The number of hydrogen-bond acceptors (Lipinski definition) is 45. The molecule has 38 atom stereocenters. The minimum absolute atomic E-state index is 0.00728. The Kier molecular flexibility index (Phi) is 39.8. The second kappa shape index (κ2) is 46.3. The van der Waals surface area contributed by atoms with Crippen LogP contribution in [0.2, 0.25) is 0 Å². The van der Waals surface area contributed by atoms with E-state index in [9.17, 15) is 112 Å². The zero-order chi connectivity index (χ0) is 78.3. The standard InChI is InChI=1S/C30H56BN3O18S2.C30H56N2O18S2/c31-34-33-9-14-25(23(44)26(27(45)49-14)47-4-2-6-54-30-22(43)20(41)18(39)16(11-36)51-30)52-28-24(13(37)7-12(8-32)48-28)46-3-1-5-53-29-21(42)19(40)17(38)15(10-35)50-29;31-8-12-7-13(35)24(44-3-1-5-51-29-21(40)19(38)17(36)15(10-33)48-29)28(46-12)50-25-14(9-32)47-27(43)26(23(25)42)45-4-2-6-52-30-22(41)20(39)18(37)16(11-34)49-30/h12-31,33,35-45H,1-11,32H2;12-30,33-43H,1-11,31-32H2/t2*12?,13-,14?,15?,16?,17-,18-,19-,20-,21?,22?,23-,24?,25+,26?,27-,28+,29-,30-/m00/s1/i31D;. The van der Waals surface area contributed by atoms with E-state index < -0.39 is 256 Å². The van der Waals surface area contributed by atoms with Gasteiger partial charge >= 0.3 is 188 Å². The van der Waals surface area contributed by atoms with Crippen LogP contribution in [0.25, 0.3) is 0 Å². The first-order chi connectivity index (χ1) is 51.2. The summed E-state index contributed by atoms with van der Waals surface area (Å²) < 4.78 is 88.5. The van der Waals surface area contributed by atoms with Gasteiger partial charge in [0.2, 0.25) is 0 Å². The Balaban J connectivity index is 0.000000299. The topological polar surface area (TPSA) is 677 Å². The summed E-state index contributed by atoms with van der Waals surface area (Å²) in [6.45, 7) is -2.30. The van der Waals surface area contributed by atoms with Crippen molar-refractivity contribution >= 4 is 54.6 Å². The fraction of sp³-hybridized carbons (Fsp3) is 1.00. The fourth-order valence-corrected chi connectivity index (χ4v) is 17.2. The summed E-state index contributed by atoms with van der Waals surface area (Å²) in [5, 5.41) is 229. The van der Waals surface area contributed by atoms with Gasteiger partial charge in [-0.3, -0.25) is 0 Å². The molecule has 0 radical (unpaired) electrons. The molecule has 29 N–H and O–H groups in total. The quantitative estimate of drug-likeness (QED) is 0.0155. The van der Waals surface area contributed by atoms with Crippen LogP contribution in [0.1, 0.15) is 38.5 Å². The van der Waals surface area contributed by atoms with Gasteiger partial charge in [-0.15, -0.1) is 35.3 Å². The third-order valence-corrected chi connectivity index (χ3v) is 23.8. The van der Waals surface area contributed by atoms with E-state index in [1.54, 1.807) is 0 Å². The van der Waals surface area contributed by atoms with Gasteiger partial charge in [0.05, 0.1) is 38.6 Å². The molecule has 0 aromatic rings. The van der Waals surface area contributed by atoms with Gasteiger partial charge in [0.15, 0.2) is 12.6 Å². The van der Waals surface area contributed by atoms with E-state index in [4.69, 9.17) is 84.9 Å². The molecule has 8 saturated heterocycles. The molecule has 0 bridgehead atoms. The minimum Gasteiger partial charge on any atom is -0.394 e. The number of nitrogens with two attached hydrogens (primary N) is 3. The molecule has 41 nitrogen and oxygen atoms in total. The van der Waals surface area contributed by atoms with E-state index in [-0.39, 0.29) is 65.4 Å². The van der Waals surface area contributed by atoms with Crippen LogP contribution in [0.15, 0.2) is 5.00 Å². The number of ether oxygens (including phenoxy) is 14. The van der Waals surface area contributed by atoms with Crippen LogP contribution in [-0.4, -0.2) is 453 Å². The monoisotopic (exact) mass is 1620 g/mol. The fourth-order valence-electron chi connectivity index (χ4n) is 12.8. The molecule has 0 aromatic heterocycles. The van der Waals surface area contributed by atoms with Gasteiger partial charge in [-0.25, -0.2) is 0 Å². The minimum atomic E-state index is -1.64. The van der Waals surface area contributed by atoms with Crippen molar-refractivity contribution in [3.8, 4) is 0 Å². The van der Waals surface area contributed by atoms with Crippen molar-refractivity contribution in [2.24, 2.45) is 22.2 Å². The average molecular weight is 1620 g/mol. The number of aliphatic hydroxyl groups excluding tert-OH is 22. The van der Waals surface area contributed by atoms with Gasteiger partial charge in [0.1, 0.15) is 150 Å². The number of aliphatic hydroxyl groups is 22. The third kappa shape index (κ3) is 24.8. The SMILES string of the molecule is NCC1C[C@H](O)C(OCCCS[C@@H]2OC(CO)[C@H](O)[C@H](O)C2O)[C@@H](O[C@@H]2C(CN)O[C@H](O)C(OCCCS[C@@H]3OC(CO)[C@H](O)[C@H](O)C3O)[C@H]2O)O1.[2H]B=NNCC1O[C@H](O)C(OCCCS[C@@H]2OC(CO)[C@H](O)[C@H](O)C2O)[C@@H](O)[C@@H]1O[C@H]1OC(CN)C[C@H](O)C1OCCCS[C@@H]1OC(CO)[C@H](O)[C@H](O)C1O. The van der Waals surface area contributed by atoms with Crippen LogP contribution in [0.5, 0.6) is 0 Å². The van der Waals surface area contributed by atoms with E-state index in [0.29, 0.717) is 48.7 Å². The zero-order valence-corrected chi connectivity index (χ0v) is 61.2. The predicted octanol–water partition coefficient (Wildman–Crippen LogP) is -13.5. The number of nitrogens with one attached hydrogen (secondary N) is 1. The van der Waals surface area contributed by atoms with Crippen molar-refractivity contribution in [1.29, 1.82) is 1.34 Å². The molecular formula is C60H112BN5O36S4. The molecule has 620 valence electrons. The van der Waals surface area contributed by atoms with Crippen molar-refractivity contribution in [2.45, 2.75) is 269 Å². The first-order valence-corrected chi connectivity index (χ1v) is 39.3. The maximum absolute atomic E-state index is 11.5. The first kappa shape index (κ1) is 91.0. The predicted molar refractivity (Wildman–Crippen MR) is 369 cm³/mol. The van der Waals surface area contributed by atoms with Gasteiger partial charge < -0.3 is 151 Å². The Morgan fingerprint density at radius 1 is 0.358 bits per heavy atom. The van der Waals surface area contributed by atoms with Crippen LogP contribution in [0.4, 0.5) is 0 Å². The summed E-state index contributed by atoms with van der Waals surface area (Å²) in [4.78, 5) is 0. The van der Waals surface area contributed by atoms with Crippen LogP contribution in [0.3, 0.4) is 0 Å². The molecule has 0 aliphatic carbocycles. The molecule has 8 fully saturated rings. The summed E-state index contributed by atoms with van der Waals surface area (Å²) in [7, 11) is 0.742. The zero-order valence-electron chi connectivity index (χ0n) is 58.9. The van der Waals surface area contributed by atoms with E-state index in [2.05, 4.69) is 10.4 Å². The van der Waals surface area contributed by atoms with Crippen LogP contribution >= 0.6 is 47.0 Å². The van der Waals surface area contributed by atoms with Crippen molar-refractivity contribution < 1.29 is 179 Å². The van der Waals surface area contributed by atoms with Crippen molar-refractivity contribution in [2.75, 3.05) is 102 Å². The van der Waals surface area contributed by atoms with Crippen molar-refractivity contribution in [3.05, 3.63) is 0 Å². The molecule has 16 unspecified atom stereocenters. The molecule has 8 aliphatic heterocycles. The van der Waals surface area contributed by atoms with E-state index in [0.717, 1.165) is 54.6 Å². The number of rotatable bonds is 38. The Morgan fingerprint density at radius 3 is 0.953 bits per heavy atom. The molecule has 8 aliphatic rings. The maximum atomic E-state index is 11.5. The summed E-state index contributed by atoms with van der Waals surface area (Å²) in [5.41, 5.74) is 16.5. The van der Waals surface area contributed by atoms with Gasteiger partial charge in [-0.05, 0) is 24.3 Å². The summed E-state index contributed by atoms with van der Waals surface area (Å²) in [5.74, 6) is 1.36.